The molecule has 1 aliphatic heterocycles. The number of nitrogens with one attached hydrogen (secondary N) is 2. The fraction of sp³-hybridized carbons (Fsp3) is 0.421. The molecule has 1 saturated heterocycles. The Morgan fingerprint density at radius 1 is 1.14 bits per heavy atom. The van der Waals surface area contributed by atoms with E-state index in [0.717, 1.165) is 24.5 Å². The molecule has 0 radical (unpaired) electrons. The summed E-state index contributed by atoms with van der Waals surface area (Å²) in [6.45, 7) is 5.06. The molecule has 1 aromatic carbocycles. The van der Waals surface area contributed by atoms with Crippen LogP contribution in [0.5, 0.6) is 11.5 Å². The SMILES string of the molecule is COc1ccc(NC(=O)NCc2cc(C)nc(N3CCOCC3)n2)cc1OC. The third-order valence-corrected chi connectivity index (χ3v) is 4.26. The van der Waals surface area contributed by atoms with Gasteiger partial charge in [0.2, 0.25) is 5.95 Å². The summed E-state index contributed by atoms with van der Waals surface area (Å²) in [4.78, 5) is 23.4. The molecular weight excluding hydrogens is 362 g/mol. The third-order valence-electron chi connectivity index (χ3n) is 4.26. The van der Waals surface area contributed by atoms with Gasteiger partial charge in [0.1, 0.15) is 0 Å². The van der Waals surface area contributed by atoms with Crippen LogP contribution in [0, 0.1) is 6.92 Å². The predicted octanol–water partition coefficient (Wildman–Crippen LogP) is 1.96. The Balaban J connectivity index is 1.60. The van der Waals surface area contributed by atoms with Gasteiger partial charge in [-0.15, -0.1) is 0 Å². The Bertz CT molecular complexity index is 824. The van der Waals surface area contributed by atoms with E-state index in [4.69, 9.17) is 14.2 Å². The van der Waals surface area contributed by atoms with Gasteiger partial charge in [-0.1, -0.05) is 0 Å². The molecule has 2 amide bonds. The molecule has 0 aliphatic carbocycles. The number of aromatic nitrogens is 2. The standard InChI is InChI=1S/C19H25N5O4/c1-13-10-15(22-18(21-13)24-6-8-28-9-7-24)12-20-19(25)23-14-4-5-16(26-2)17(11-14)27-3/h4-5,10-11H,6-9,12H2,1-3H3,(H2,20,23,25). The lowest BCUT2D eigenvalue weighted by atomic mass is 10.3. The van der Waals surface area contributed by atoms with E-state index in [9.17, 15) is 4.79 Å². The van der Waals surface area contributed by atoms with Gasteiger partial charge in [-0.25, -0.2) is 14.8 Å². The minimum atomic E-state index is -0.337. The Morgan fingerprint density at radius 3 is 2.61 bits per heavy atom. The maximum absolute atomic E-state index is 12.2. The minimum Gasteiger partial charge on any atom is -0.493 e. The number of urea groups is 1. The van der Waals surface area contributed by atoms with Crippen molar-refractivity contribution in [3.05, 3.63) is 35.7 Å². The number of hydrogen-bond donors (Lipinski definition) is 2. The Kier molecular flexibility index (Phi) is 6.49. The zero-order valence-corrected chi connectivity index (χ0v) is 16.3. The summed E-state index contributed by atoms with van der Waals surface area (Å²) in [6, 6.07) is 6.70. The number of morpholine rings is 1. The molecule has 0 bridgehead atoms. The number of methoxy groups -OCH3 is 2. The molecule has 1 aromatic heterocycles. The van der Waals surface area contributed by atoms with Gasteiger partial charge in [0, 0.05) is 30.5 Å². The van der Waals surface area contributed by atoms with Crippen molar-refractivity contribution in [2.75, 3.05) is 50.7 Å². The second-order valence-corrected chi connectivity index (χ2v) is 6.28. The van der Waals surface area contributed by atoms with E-state index in [-0.39, 0.29) is 6.03 Å². The highest BCUT2D eigenvalue weighted by Gasteiger charge is 2.15. The van der Waals surface area contributed by atoms with E-state index in [1.165, 1.54) is 0 Å². The quantitative estimate of drug-likeness (QED) is 0.782. The van der Waals surface area contributed by atoms with Crippen LogP contribution in [0.3, 0.4) is 0 Å². The van der Waals surface area contributed by atoms with Crippen LogP contribution in [0.1, 0.15) is 11.4 Å². The highest BCUT2D eigenvalue weighted by molar-refractivity contribution is 5.89. The van der Waals surface area contributed by atoms with Gasteiger partial charge in [-0.3, -0.25) is 0 Å². The molecule has 9 nitrogen and oxygen atoms in total. The first-order chi connectivity index (χ1) is 13.6. The van der Waals surface area contributed by atoms with Crippen molar-refractivity contribution in [2.24, 2.45) is 0 Å². The van der Waals surface area contributed by atoms with Crippen molar-refractivity contribution < 1.29 is 19.0 Å². The normalized spacial score (nSPS) is 13.8. The fourth-order valence-corrected chi connectivity index (χ4v) is 2.87. The Morgan fingerprint density at radius 2 is 1.89 bits per heavy atom. The topological polar surface area (TPSA) is 97.8 Å². The minimum absolute atomic E-state index is 0.291. The largest absolute Gasteiger partial charge is 0.493 e. The van der Waals surface area contributed by atoms with Gasteiger partial charge < -0.3 is 29.7 Å². The summed E-state index contributed by atoms with van der Waals surface area (Å²) < 4.78 is 15.8. The zero-order valence-electron chi connectivity index (χ0n) is 16.3. The Hall–Kier alpha value is -3.07. The summed E-state index contributed by atoms with van der Waals surface area (Å²) in [5.41, 5.74) is 2.20. The van der Waals surface area contributed by atoms with Gasteiger partial charge in [0.15, 0.2) is 11.5 Å². The van der Waals surface area contributed by atoms with Gasteiger partial charge in [0.05, 0.1) is 39.7 Å². The molecule has 1 fully saturated rings. The van der Waals surface area contributed by atoms with E-state index in [2.05, 4.69) is 25.5 Å². The molecule has 1 aliphatic rings. The molecule has 0 spiro atoms. The lowest BCUT2D eigenvalue weighted by Crippen LogP contribution is -2.37. The summed E-state index contributed by atoms with van der Waals surface area (Å²) in [5.74, 6) is 1.81. The highest BCUT2D eigenvalue weighted by Crippen LogP contribution is 2.29. The van der Waals surface area contributed by atoms with Crippen molar-refractivity contribution in [3.8, 4) is 11.5 Å². The van der Waals surface area contributed by atoms with E-state index in [1.54, 1.807) is 32.4 Å². The molecule has 0 saturated carbocycles. The molecule has 150 valence electrons. The summed E-state index contributed by atoms with van der Waals surface area (Å²) in [7, 11) is 3.11. The van der Waals surface area contributed by atoms with E-state index < -0.39 is 0 Å². The average molecular weight is 387 g/mol. The Labute approximate surface area is 164 Å². The molecule has 0 atom stereocenters. The first-order valence-corrected chi connectivity index (χ1v) is 9.03. The maximum Gasteiger partial charge on any atom is 0.319 e. The number of carbonyl (C=O) groups excluding carboxylic acids is 1. The lowest BCUT2D eigenvalue weighted by Gasteiger charge is -2.27. The molecule has 28 heavy (non-hydrogen) atoms. The number of rotatable bonds is 6. The summed E-state index contributed by atoms with van der Waals surface area (Å²) in [5, 5.41) is 5.59. The summed E-state index contributed by atoms with van der Waals surface area (Å²) in [6.07, 6.45) is 0. The second kappa shape index (κ2) is 9.23. The molecule has 9 heteroatoms. The van der Waals surface area contributed by atoms with Crippen molar-refractivity contribution in [1.29, 1.82) is 0 Å². The van der Waals surface area contributed by atoms with Crippen LogP contribution in [-0.4, -0.2) is 56.5 Å². The number of benzene rings is 1. The molecule has 2 N–H and O–H groups in total. The monoisotopic (exact) mass is 387 g/mol. The van der Waals surface area contributed by atoms with Crippen LogP contribution in [0.4, 0.5) is 16.4 Å². The molecule has 2 aromatic rings. The van der Waals surface area contributed by atoms with E-state index >= 15 is 0 Å². The van der Waals surface area contributed by atoms with Gasteiger partial charge >= 0.3 is 6.03 Å². The van der Waals surface area contributed by atoms with Crippen molar-refractivity contribution in [1.82, 2.24) is 15.3 Å². The van der Waals surface area contributed by atoms with Gasteiger partial charge in [0.25, 0.3) is 0 Å². The fourth-order valence-electron chi connectivity index (χ4n) is 2.87. The number of nitrogens with zero attached hydrogens (tertiary/aromatic N) is 3. The molecular formula is C19H25N5O4. The number of aryl methyl sites for hydroxylation is 1. The van der Waals surface area contributed by atoms with Crippen LogP contribution >= 0.6 is 0 Å². The third kappa shape index (κ3) is 5.01. The van der Waals surface area contributed by atoms with Gasteiger partial charge in [-0.05, 0) is 25.1 Å². The van der Waals surface area contributed by atoms with Crippen LogP contribution in [0.25, 0.3) is 0 Å². The molecule has 2 heterocycles. The van der Waals surface area contributed by atoms with Gasteiger partial charge in [-0.2, -0.15) is 0 Å². The lowest BCUT2D eigenvalue weighted by molar-refractivity contribution is 0.122. The van der Waals surface area contributed by atoms with Crippen LogP contribution in [0.2, 0.25) is 0 Å². The number of carbonyl (C=O) groups is 1. The zero-order chi connectivity index (χ0) is 19.9. The number of ether oxygens (including phenoxy) is 3. The van der Waals surface area contributed by atoms with Crippen LogP contribution in [-0.2, 0) is 11.3 Å². The number of anilines is 2. The predicted molar refractivity (Wildman–Crippen MR) is 105 cm³/mol. The van der Waals surface area contributed by atoms with E-state index in [1.807, 2.05) is 13.0 Å². The smallest absolute Gasteiger partial charge is 0.319 e. The number of hydrogen-bond acceptors (Lipinski definition) is 7. The van der Waals surface area contributed by atoms with Crippen molar-refractivity contribution >= 4 is 17.7 Å². The van der Waals surface area contributed by atoms with Crippen molar-refractivity contribution in [3.63, 3.8) is 0 Å². The number of amides is 2. The first kappa shape index (κ1) is 19.7. The van der Waals surface area contributed by atoms with Crippen molar-refractivity contribution in [2.45, 2.75) is 13.5 Å². The highest BCUT2D eigenvalue weighted by atomic mass is 16.5. The van der Waals surface area contributed by atoms with E-state index in [0.29, 0.717) is 42.9 Å². The van der Waals surface area contributed by atoms with Crippen LogP contribution in [0.15, 0.2) is 24.3 Å². The average Bonchev–Trinajstić information content (AvgIpc) is 2.72. The second-order valence-electron chi connectivity index (χ2n) is 6.28. The molecule has 0 unspecified atom stereocenters. The molecule has 3 rings (SSSR count). The first-order valence-electron chi connectivity index (χ1n) is 9.03. The maximum atomic E-state index is 12.2. The summed E-state index contributed by atoms with van der Waals surface area (Å²) >= 11 is 0. The van der Waals surface area contributed by atoms with Crippen LogP contribution < -0.4 is 25.0 Å².